The molecular formula is C25H30N4OS. The first-order chi connectivity index (χ1) is 15.1. The molecule has 0 spiro atoms. The number of aryl methyl sites for hydroxylation is 1. The summed E-state index contributed by atoms with van der Waals surface area (Å²) < 4.78 is 12.7. The van der Waals surface area contributed by atoms with Crippen molar-refractivity contribution in [3.05, 3.63) is 59.7 Å². The van der Waals surface area contributed by atoms with Crippen molar-refractivity contribution in [1.82, 2.24) is 4.98 Å². The average Bonchev–Trinajstić information content (AvgIpc) is 2.95. The highest BCUT2D eigenvalue weighted by Crippen LogP contribution is 2.32. The second kappa shape index (κ2) is 8.60. The topological polar surface area (TPSA) is 71.2 Å². The molecule has 3 unspecified atom stereocenters. The Balaban J connectivity index is 1.55. The largest absolute Gasteiger partial charge is 0.380 e. The molecule has 0 bridgehead atoms. The van der Waals surface area contributed by atoms with Gasteiger partial charge in [0.1, 0.15) is 5.82 Å². The smallest absolute Gasteiger partial charge is 0.131 e. The predicted octanol–water partition coefficient (Wildman–Crippen LogP) is 4.35. The summed E-state index contributed by atoms with van der Waals surface area (Å²) in [6, 6.07) is 17.1. The van der Waals surface area contributed by atoms with Crippen LogP contribution >= 0.6 is 0 Å². The summed E-state index contributed by atoms with van der Waals surface area (Å²) in [6.07, 6.45) is 4.60. The lowest BCUT2D eigenvalue weighted by Crippen LogP contribution is -2.42. The van der Waals surface area contributed by atoms with Gasteiger partial charge in [0.25, 0.3) is 0 Å². The molecule has 0 radical (unpaired) electrons. The van der Waals surface area contributed by atoms with E-state index in [4.69, 9.17) is 10.7 Å². The molecule has 2 aliphatic rings. The van der Waals surface area contributed by atoms with E-state index < -0.39 is 10.8 Å². The number of pyridine rings is 1. The fourth-order valence-corrected chi connectivity index (χ4v) is 6.05. The van der Waals surface area contributed by atoms with Gasteiger partial charge in [0, 0.05) is 53.0 Å². The highest BCUT2D eigenvalue weighted by atomic mass is 32.2. The van der Waals surface area contributed by atoms with Gasteiger partial charge in [-0.05, 0) is 43.5 Å². The number of aromatic nitrogens is 1. The molecule has 1 aliphatic heterocycles. The molecule has 1 saturated carbocycles. The van der Waals surface area contributed by atoms with Gasteiger partial charge < -0.3 is 16.0 Å². The highest BCUT2D eigenvalue weighted by Gasteiger charge is 2.24. The van der Waals surface area contributed by atoms with E-state index in [1.807, 2.05) is 18.2 Å². The van der Waals surface area contributed by atoms with Crippen molar-refractivity contribution in [3.63, 3.8) is 0 Å². The van der Waals surface area contributed by atoms with Gasteiger partial charge in [-0.3, -0.25) is 4.21 Å². The zero-order valence-electron chi connectivity index (χ0n) is 18.0. The lowest BCUT2D eigenvalue weighted by Gasteiger charge is -2.31. The summed E-state index contributed by atoms with van der Waals surface area (Å²) in [6.45, 7) is 3.55. The standard InChI is InChI=1S/C25H30N4OS/c1-17-10-11-21-19(14-17)23(27-22-8-4-3-7-20(22)26)15-25(28-21)29-12-13-31(30)24-9-5-2-6-18(24)16-29/h2,5-6,9-11,14-15,20,22H,3-4,7-8,12-13,16,26H2,1H3,(H,27,28). The molecule has 2 aromatic carbocycles. The van der Waals surface area contributed by atoms with Crippen LogP contribution in [0.2, 0.25) is 0 Å². The molecule has 2 heterocycles. The average molecular weight is 435 g/mol. The fourth-order valence-electron chi connectivity index (χ4n) is 4.79. The number of nitrogens with two attached hydrogens (primary N) is 1. The van der Waals surface area contributed by atoms with E-state index in [1.165, 1.54) is 18.4 Å². The van der Waals surface area contributed by atoms with E-state index >= 15 is 0 Å². The zero-order valence-corrected chi connectivity index (χ0v) is 18.8. The molecule has 3 atom stereocenters. The molecule has 1 fully saturated rings. The number of hydrogen-bond donors (Lipinski definition) is 2. The summed E-state index contributed by atoms with van der Waals surface area (Å²) >= 11 is 0. The number of fused-ring (bicyclic) bond motifs is 2. The molecule has 6 heteroatoms. The van der Waals surface area contributed by atoms with Gasteiger partial charge in [-0.15, -0.1) is 0 Å². The molecule has 3 N–H and O–H groups in total. The Bertz CT molecular complexity index is 1130. The SMILES string of the molecule is Cc1ccc2nc(N3CCS(=O)c4ccccc4C3)cc(NC3CCCCC3N)c2c1. The molecule has 1 aromatic heterocycles. The number of anilines is 2. The summed E-state index contributed by atoms with van der Waals surface area (Å²) in [5, 5.41) is 4.91. The Morgan fingerprint density at radius 1 is 1.13 bits per heavy atom. The number of rotatable bonds is 3. The van der Waals surface area contributed by atoms with E-state index in [0.717, 1.165) is 45.7 Å². The van der Waals surface area contributed by atoms with Crippen LogP contribution in [0.5, 0.6) is 0 Å². The summed E-state index contributed by atoms with van der Waals surface area (Å²) in [5.41, 5.74) is 10.9. The van der Waals surface area contributed by atoms with Crippen molar-refractivity contribution in [2.24, 2.45) is 5.73 Å². The number of nitrogens with one attached hydrogen (secondary N) is 1. The molecule has 5 nitrogen and oxygen atoms in total. The van der Waals surface area contributed by atoms with E-state index in [2.05, 4.69) is 47.5 Å². The first-order valence-corrected chi connectivity index (χ1v) is 12.5. The second-order valence-electron chi connectivity index (χ2n) is 8.83. The first-order valence-electron chi connectivity index (χ1n) is 11.2. The predicted molar refractivity (Wildman–Crippen MR) is 129 cm³/mol. The van der Waals surface area contributed by atoms with Crippen LogP contribution in [0.25, 0.3) is 10.9 Å². The maximum absolute atomic E-state index is 12.7. The molecule has 162 valence electrons. The monoisotopic (exact) mass is 434 g/mol. The second-order valence-corrected chi connectivity index (χ2v) is 10.4. The van der Waals surface area contributed by atoms with E-state index in [9.17, 15) is 4.21 Å². The van der Waals surface area contributed by atoms with Crippen LogP contribution in [0, 0.1) is 6.92 Å². The summed E-state index contributed by atoms with van der Waals surface area (Å²) in [4.78, 5) is 8.22. The maximum Gasteiger partial charge on any atom is 0.131 e. The van der Waals surface area contributed by atoms with Gasteiger partial charge in [-0.1, -0.05) is 42.7 Å². The van der Waals surface area contributed by atoms with E-state index in [1.54, 1.807) is 0 Å². The van der Waals surface area contributed by atoms with Crippen LogP contribution in [0.3, 0.4) is 0 Å². The van der Waals surface area contributed by atoms with Gasteiger partial charge in [0.2, 0.25) is 0 Å². The zero-order chi connectivity index (χ0) is 21.4. The molecule has 5 rings (SSSR count). The Morgan fingerprint density at radius 3 is 2.84 bits per heavy atom. The molecule has 0 amide bonds. The van der Waals surface area contributed by atoms with Gasteiger partial charge in [-0.2, -0.15) is 0 Å². The van der Waals surface area contributed by atoms with Gasteiger partial charge in [0.05, 0.1) is 16.3 Å². The lowest BCUT2D eigenvalue weighted by molar-refractivity contribution is 0.404. The number of hydrogen-bond acceptors (Lipinski definition) is 5. The Kier molecular flexibility index (Phi) is 5.67. The minimum atomic E-state index is -0.975. The maximum atomic E-state index is 12.7. The third-order valence-corrected chi connectivity index (χ3v) is 8.00. The highest BCUT2D eigenvalue weighted by molar-refractivity contribution is 7.85. The molecular weight excluding hydrogens is 404 g/mol. The normalized spacial score (nSPS) is 23.9. The van der Waals surface area contributed by atoms with Crippen molar-refractivity contribution in [3.8, 4) is 0 Å². The van der Waals surface area contributed by atoms with Crippen LogP contribution in [-0.4, -0.2) is 33.6 Å². The van der Waals surface area contributed by atoms with Crippen molar-refractivity contribution in [2.45, 2.75) is 56.1 Å². The Hall–Kier alpha value is -2.44. The molecule has 1 aliphatic carbocycles. The van der Waals surface area contributed by atoms with Crippen molar-refractivity contribution in [1.29, 1.82) is 0 Å². The number of nitrogens with zero attached hydrogens (tertiary/aromatic N) is 2. The third kappa shape index (κ3) is 4.19. The van der Waals surface area contributed by atoms with Crippen molar-refractivity contribution in [2.75, 3.05) is 22.5 Å². The van der Waals surface area contributed by atoms with Crippen LogP contribution in [0.15, 0.2) is 53.4 Å². The van der Waals surface area contributed by atoms with Crippen LogP contribution in [-0.2, 0) is 17.3 Å². The summed E-state index contributed by atoms with van der Waals surface area (Å²) in [7, 11) is -0.975. The fraction of sp³-hybridized carbons (Fsp3) is 0.400. The van der Waals surface area contributed by atoms with E-state index in [0.29, 0.717) is 18.8 Å². The van der Waals surface area contributed by atoms with Gasteiger partial charge >= 0.3 is 0 Å². The summed E-state index contributed by atoms with van der Waals surface area (Å²) in [5.74, 6) is 1.54. The molecule has 3 aromatic rings. The molecule has 31 heavy (non-hydrogen) atoms. The van der Waals surface area contributed by atoms with Crippen molar-refractivity contribution >= 4 is 33.2 Å². The first kappa shape index (κ1) is 20.5. The van der Waals surface area contributed by atoms with E-state index in [-0.39, 0.29) is 12.1 Å². The third-order valence-electron chi connectivity index (χ3n) is 6.56. The minimum absolute atomic E-state index is 0.178. The Morgan fingerprint density at radius 2 is 1.97 bits per heavy atom. The Labute approximate surface area is 186 Å². The van der Waals surface area contributed by atoms with Gasteiger partial charge in [-0.25, -0.2) is 4.98 Å². The minimum Gasteiger partial charge on any atom is -0.380 e. The molecule has 0 saturated heterocycles. The quantitative estimate of drug-likeness (QED) is 0.641. The van der Waals surface area contributed by atoms with Crippen LogP contribution in [0.4, 0.5) is 11.5 Å². The number of benzene rings is 2. The van der Waals surface area contributed by atoms with Crippen LogP contribution < -0.4 is 16.0 Å². The van der Waals surface area contributed by atoms with Gasteiger partial charge in [0.15, 0.2) is 0 Å². The lowest BCUT2D eigenvalue weighted by atomic mass is 9.90. The van der Waals surface area contributed by atoms with Crippen molar-refractivity contribution < 1.29 is 4.21 Å². The van der Waals surface area contributed by atoms with Crippen LogP contribution in [0.1, 0.15) is 36.8 Å².